The van der Waals surface area contributed by atoms with Crippen LogP contribution in [0.5, 0.6) is 0 Å². The zero-order valence-corrected chi connectivity index (χ0v) is 13.1. The summed E-state index contributed by atoms with van der Waals surface area (Å²) in [6.07, 6.45) is 4.84. The van der Waals surface area contributed by atoms with E-state index in [0.29, 0.717) is 5.92 Å². The molecule has 1 unspecified atom stereocenters. The van der Waals surface area contributed by atoms with Crippen LogP contribution in [0.25, 0.3) is 0 Å². The highest BCUT2D eigenvalue weighted by Crippen LogP contribution is 2.30. The van der Waals surface area contributed by atoms with Gasteiger partial charge in [-0.05, 0) is 32.1 Å². The van der Waals surface area contributed by atoms with Crippen molar-refractivity contribution in [2.24, 2.45) is 11.3 Å². The van der Waals surface area contributed by atoms with Crippen molar-refractivity contribution >= 4 is 0 Å². The quantitative estimate of drug-likeness (QED) is 0.349. The van der Waals surface area contributed by atoms with E-state index in [1.807, 2.05) is 0 Å². The Morgan fingerprint density at radius 2 is 1.63 bits per heavy atom. The molecule has 1 atom stereocenters. The Kier molecular flexibility index (Phi) is 8.33. The van der Waals surface area contributed by atoms with Gasteiger partial charge in [0.05, 0.1) is 13.2 Å². The number of epoxide rings is 1. The molecule has 0 aromatic carbocycles. The van der Waals surface area contributed by atoms with E-state index in [1.54, 1.807) is 0 Å². The summed E-state index contributed by atoms with van der Waals surface area (Å²) in [5.74, 6) is 4.06. The molecule has 1 rings (SSSR count). The summed E-state index contributed by atoms with van der Waals surface area (Å²) in [4.78, 5) is 0. The average Bonchev–Trinajstić information content (AvgIpc) is 3.13. The van der Waals surface area contributed by atoms with Crippen LogP contribution in [0.15, 0.2) is 0 Å². The molecular weight excluding hydrogens is 240 g/mol. The first-order chi connectivity index (χ1) is 8.69. The largest absolute Gasteiger partial charge is 0.377 e. The summed E-state index contributed by atoms with van der Waals surface area (Å²) in [7, 11) is 0. The lowest BCUT2D eigenvalue weighted by Crippen LogP contribution is -2.24. The van der Waals surface area contributed by atoms with Crippen molar-refractivity contribution < 1.29 is 14.9 Å². The Morgan fingerprint density at radius 1 is 1.11 bits per heavy atom. The van der Waals surface area contributed by atoms with E-state index in [4.69, 9.17) is 10.2 Å². The molecule has 0 spiro atoms. The summed E-state index contributed by atoms with van der Waals surface area (Å²) in [5.41, 5.74) is -0.166. The maximum Gasteiger partial charge on any atom is 0.225 e. The van der Waals surface area contributed by atoms with E-state index in [0.717, 1.165) is 19.6 Å². The van der Waals surface area contributed by atoms with Crippen LogP contribution in [0.1, 0.15) is 60.3 Å². The Morgan fingerprint density at radius 3 is 2.00 bits per heavy atom. The van der Waals surface area contributed by atoms with E-state index in [-0.39, 0.29) is 5.41 Å². The summed E-state index contributed by atoms with van der Waals surface area (Å²) in [6, 6.07) is 0. The third-order valence-electron chi connectivity index (χ3n) is 3.30. The minimum Gasteiger partial charge on any atom is -0.377 e. The third kappa shape index (κ3) is 12.2. The highest BCUT2D eigenvalue weighted by Gasteiger charge is 2.24. The van der Waals surface area contributed by atoms with Crippen LogP contribution in [0, 0.1) is 23.2 Å². The van der Waals surface area contributed by atoms with Crippen molar-refractivity contribution in [3.63, 3.8) is 0 Å². The first kappa shape index (κ1) is 18.4. The van der Waals surface area contributed by atoms with Gasteiger partial charge in [0.25, 0.3) is 0 Å². The summed E-state index contributed by atoms with van der Waals surface area (Å²) in [5, 5.41) is 18.3. The molecular formula is C16H30O3. The number of rotatable bonds is 5. The number of unbranched alkanes of at least 4 members (excludes halogenated alkanes) is 2. The standard InChI is InChI=1S/C14H26O2.C2H4O/c1-6-7-8-9-12(2)13(3,4)10-11-14(5,15)16;1-2-3-1/h12,15-16H,6-9H2,1-5H3;1-2H2. The van der Waals surface area contributed by atoms with Crippen LogP contribution < -0.4 is 0 Å². The molecule has 1 heterocycles. The van der Waals surface area contributed by atoms with Crippen LogP contribution in [0.3, 0.4) is 0 Å². The molecule has 0 aromatic rings. The molecule has 1 aliphatic rings. The highest BCUT2D eigenvalue weighted by molar-refractivity contribution is 5.14. The summed E-state index contributed by atoms with van der Waals surface area (Å²) in [6.45, 7) is 11.8. The molecule has 112 valence electrons. The van der Waals surface area contributed by atoms with E-state index in [2.05, 4.69) is 44.3 Å². The van der Waals surface area contributed by atoms with Gasteiger partial charge in [0.2, 0.25) is 5.79 Å². The van der Waals surface area contributed by atoms with Gasteiger partial charge in [-0.2, -0.15) is 0 Å². The van der Waals surface area contributed by atoms with E-state index < -0.39 is 5.79 Å². The van der Waals surface area contributed by atoms with Gasteiger partial charge in [-0.3, -0.25) is 0 Å². The molecule has 0 bridgehead atoms. The number of aliphatic hydroxyl groups is 2. The van der Waals surface area contributed by atoms with Crippen molar-refractivity contribution in [2.75, 3.05) is 13.2 Å². The number of ether oxygens (including phenoxy) is 1. The minimum atomic E-state index is -1.87. The molecule has 0 radical (unpaired) electrons. The van der Waals surface area contributed by atoms with Crippen molar-refractivity contribution in [2.45, 2.75) is 66.1 Å². The highest BCUT2D eigenvalue weighted by atomic mass is 16.6. The third-order valence-corrected chi connectivity index (χ3v) is 3.30. The van der Waals surface area contributed by atoms with E-state index in [1.165, 1.54) is 26.2 Å². The molecule has 2 N–H and O–H groups in total. The summed E-state index contributed by atoms with van der Waals surface area (Å²) < 4.78 is 4.50. The zero-order chi connectivity index (χ0) is 14.9. The monoisotopic (exact) mass is 270 g/mol. The first-order valence-corrected chi connectivity index (χ1v) is 7.26. The molecule has 3 heteroatoms. The normalized spacial score (nSPS) is 15.7. The van der Waals surface area contributed by atoms with Crippen molar-refractivity contribution in [1.82, 2.24) is 0 Å². The van der Waals surface area contributed by atoms with Gasteiger partial charge in [-0.15, -0.1) is 0 Å². The van der Waals surface area contributed by atoms with Crippen molar-refractivity contribution in [3.8, 4) is 11.8 Å². The second-order valence-corrected chi connectivity index (χ2v) is 6.00. The molecule has 1 aliphatic heterocycles. The van der Waals surface area contributed by atoms with Gasteiger partial charge < -0.3 is 14.9 Å². The van der Waals surface area contributed by atoms with E-state index in [9.17, 15) is 0 Å². The molecule has 3 nitrogen and oxygen atoms in total. The fraction of sp³-hybridized carbons (Fsp3) is 0.875. The lowest BCUT2D eigenvalue weighted by molar-refractivity contribution is -0.0918. The molecule has 19 heavy (non-hydrogen) atoms. The van der Waals surface area contributed by atoms with E-state index >= 15 is 0 Å². The fourth-order valence-corrected chi connectivity index (χ4v) is 1.46. The number of hydrogen-bond acceptors (Lipinski definition) is 3. The van der Waals surface area contributed by atoms with Gasteiger partial charge in [-0.25, -0.2) is 0 Å². The van der Waals surface area contributed by atoms with Crippen LogP contribution in [-0.2, 0) is 4.74 Å². The van der Waals surface area contributed by atoms with Crippen LogP contribution in [-0.4, -0.2) is 29.2 Å². The SMILES string of the molecule is C1CO1.CCCCCC(C)C(C)(C)C#CC(C)(O)O. The van der Waals surface area contributed by atoms with Crippen LogP contribution in [0.4, 0.5) is 0 Å². The molecule has 0 aliphatic carbocycles. The van der Waals surface area contributed by atoms with Crippen LogP contribution in [0.2, 0.25) is 0 Å². The maximum atomic E-state index is 9.16. The molecule has 0 amide bonds. The molecule has 0 aromatic heterocycles. The maximum absolute atomic E-state index is 9.16. The first-order valence-electron chi connectivity index (χ1n) is 7.26. The Labute approximate surface area is 118 Å². The van der Waals surface area contributed by atoms with Gasteiger partial charge in [0.1, 0.15) is 0 Å². The lowest BCUT2D eigenvalue weighted by atomic mass is 9.77. The lowest BCUT2D eigenvalue weighted by Gasteiger charge is -2.26. The Bertz CT molecular complexity index is 287. The number of hydrogen-bond donors (Lipinski definition) is 2. The van der Waals surface area contributed by atoms with Gasteiger partial charge in [0.15, 0.2) is 0 Å². The van der Waals surface area contributed by atoms with Crippen molar-refractivity contribution in [3.05, 3.63) is 0 Å². The molecule has 1 saturated heterocycles. The van der Waals surface area contributed by atoms with Gasteiger partial charge in [-0.1, -0.05) is 39.0 Å². The van der Waals surface area contributed by atoms with Gasteiger partial charge in [0, 0.05) is 12.3 Å². The van der Waals surface area contributed by atoms with Crippen LogP contribution >= 0.6 is 0 Å². The minimum absolute atomic E-state index is 0.166. The van der Waals surface area contributed by atoms with Gasteiger partial charge >= 0.3 is 0 Å². The Hall–Kier alpha value is -0.560. The topological polar surface area (TPSA) is 53.0 Å². The zero-order valence-electron chi connectivity index (χ0n) is 13.1. The molecule has 1 fully saturated rings. The average molecular weight is 270 g/mol. The predicted octanol–water partition coefficient (Wildman–Crippen LogP) is 2.95. The smallest absolute Gasteiger partial charge is 0.225 e. The summed E-state index contributed by atoms with van der Waals surface area (Å²) >= 11 is 0. The second kappa shape index (κ2) is 8.58. The second-order valence-electron chi connectivity index (χ2n) is 6.00. The molecule has 0 saturated carbocycles. The van der Waals surface area contributed by atoms with Crippen molar-refractivity contribution in [1.29, 1.82) is 0 Å². The fourth-order valence-electron chi connectivity index (χ4n) is 1.46. The Balaban J connectivity index is 0.000000934. The predicted molar refractivity (Wildman–Crippen MR) is 78.5 cm³/mol.